The molecule has 1 fully saturated rings. The summed E-state index contributed by atoms with van der Waals surface area (Å²) in [6.07, 6.45) is 1.87. The molecular formula is C24H39NO11. The lowest BCUT2D eigenvalue weighted by Gasteiger charge is -2.44. The number of carbonyl (C=O) groups is 5. The Morgan fingerprint density at radius 3 is 1.86 bits per heavy atom. The first-order chi connectivity index (χ1) is 17.0. The molecule has 12 nitrogen and oxygen atoms in total. The van der Waals surface area contributed by atoms with Crippen molar-refractivity contribution in [1.82, 2.24) is 5.32 Å². The van der Waals surface area contributed by atoms with E-state index in [2.05, 4.69) is 5.32 Å². The Hall–Kier alpha value is -2.73. The van der Waals surface area contributed by atoms with E-state index in [9.17, 15) is 24.0 Å². The number of amides is 1. The average Bonchev–Trinajstić information content (AvgIpc) is 2.76. The van der Waals surface area contributed by atoms with Crippen LogP contribution < -0.4 is 5.32 Å². The van der Waals surface area contributed by atoms with Gasteiger partial charge in [-0.05, 0) is 12.8 Å². The number of rotatable bonds is 16. The highest BCUT2D eigenvalue weighted by Crippen LogP contribution is 2.28. The molecule has 2 N–H and O–H groups in total. The molecule has 0 spiro atoms. The highest BCUT2D eigenvalue weighted by molar-refractivity contribution is 5.73. The Balaban J connectivity index is 2.79. The fraction of sp³-hybridized carbons (Fsp3) is 0.792. The van der Waals surface area contributed by atoms with Crippen molar-refractivity contribution >= 4 is 29.8 Å². The van der Waals surface area contributed by atoms with Crippen molar-refractivity contribution in [1.29, 1.82) is 0 Å². The van der Waals surface area contributed by atoms with E-state index in [1.165, 1.54) is 27.7 Å². The number of hydrogen-bond donors (Lipinski definition) is 2. The molecule has 1 amide bonds. The standard InChI is InChI=1S/C24H39NO11/c1-15(26)25-21-23(35-18(4)29)22(34-17(3)28)19(14-33-16(2)27)36-24(21)32-13-11-9-7-5-6-8-10-12-20(30)31/h19,21-24H,5-14H2,1-4H3,(H,25,26)(H,30,31)/t19-,21?,22?,23?,24?/m1/s1. The van der Waals surface area contributed by atoms with E-state index in [0.29, 0.717) is 12.8 Å². The average molecular weight is 518 g/mol. The maximum Gasteiger partial charge on any atom is 0.303 e. The van der Waals surface area contributed by atoms with Gasteiger partial charge in [-0.1, -0.05) is 32.1 Å². The summed E-state index contributed by atoms with van der Waals surface area (Å²) in [4.78, 5) is 57.4. The predicted molar refractivity (Wildman–Crippen MR) is 125 cm³/mol. The number of carboxylic acids is 1. The van der Waals surface area contributed by atoms with Crippen LogP contribution in [0.5, 0.6) is 0 Å². The summed E-state index contributed by atoms with van der Waals surface area (Å²) in [5.41, 5.74) is 0. The van der Waals surface area contributed by atoms with Gasteiger partial charge < -0.3 is 34.1 Å². The summed E-state index contributed by atoms with van der Waals surface area (Å²) in [7, 11) is 0. The summed E-state index contributed by atoms with van der Waals surface area (Å²) in [6.45, 7) is 4.86. The smallest absolute Gasteiger partial charge is 0.303 e. The van der Waals surface area contributed by atoms with Crippen LogP contribution in [0.15, 0.2) is 0 Å². The molecule has 36 heavy (non-hydrogen) atoms. The van der Waals surface area contributed by atoms with Crippen LogP contribution in [0.3, 0.4) is 0 Å². The van der Waals surface area contributed by atoms with E-state index in [1.807, 2.05) is 0 Å². The van der Waals surface area contributed by atoms with Crippen LogP contribution in [-0.4, -0.2) is 78.7 Å². The van der Waals surface area contributed by atoms with E-state index in [0.717, 1.165) is 32.1 Å². The van der Waals surface area contributed by atoms with Crippen molar-refractivity contribution in [3.63, 3.8) is 0 Å². The van der Waals surface area contributed by atoms with Crippen LogP contribution in [-0.2, 0) is 47.7 Å². The van der Waals surface area contributed by atoms with Crippen LogP contribution in [0.25, 0.3) is 0 Å². The first-order valence-corrected chi connectivity index (χ1v) is 12.2. The van der Waals surface area contributed by atoms with Crippen LogP contribution in [0.1, 0.15) is 79.1 Å². The number of nitrogens with one attached hydrogen (secondary N) is 1. The van der Waals surface area contributed by atoms with Gasteiger partial charge in [0.25, 0.3) is 0 Å². The number of carbonyl (C=O) groups excluding carboxylic acids is 4. The number of unbranched alkanes of at least 4 members (excludes halogenated alkanes) is 6. The first kappa shape index (κ1) is 31.3. The number of hydrogen-bond acceptors (Lipinski definition) is 10. The number of carboxylic acid groups (broad SMARTS) is 1. The second-order valence-electron chi connectivity index (χ2n) is 8.71. The minimum Gasteiger partial charge on any atom is -0.481 e. The van der Waals surface area contributed by atoms with Gasteiger partial charge in [0.2, 0.25) is 5.91 Å². The summed E-state index contributed by atoms with van der Waals surface area (Å²) in [6, 6.07) is -0.974. The third-order valence-electron chi connectivity index (χ3n) is 5.39. The molecule has 1 aliphatic rings. The zero-order chi connectivity index (χ0) is 27.1. The molecule has 0 radical (unpaired) electrons. The number of aliphatic carboxylic acids is 1. The molecule has 12 heteroatoms. The Labute approximate surface area is 211 Å². The minimum absolute atomic E-state index is 0.190. The van der Waals surface area contributed by atoms with Crippen LogP contribution in [0, 0.1) is 0 Å². The van der Waals surface area contributed by atoms with Gasteiger partial charge >= 0.3 is 23.9 Å². The lowest BCUT2D eigenvalue weighted by molar-refractivity contribution is -0.277. The first-order valence-electron chi connectivity index (χ1n) is 12.2. The molecule has 1 aliphatic heterocycles. The van der Waals surface area contributed by atoms with E-state index in [1.54, 1.807) is 0 Å². The molecule has 4 unspecified atom stereocenters. The predicted octanol–water partition coefficient (Wildman–Crippen LogP) is 1.86. The second-order valence-corrected chi connectivity index (χ2v) is 8.71. The van der Waals surface area contributed by atoms with Crippen LogP contribution in [0.4, 0.5) is 0 Å². The maximum absolute atomic E-state index is 11.9. The zero-order valence-electron chi connectivity index (χ0n) is 21.5. The summed E-state index contributed by atoms with van der Waals surface area (Å²) >= 11 is 0. The number of esters is 3. The van der Waals surface area contributed by atoms with E-state index in [4.69, 9.17) is 28.8 Å². The van der Waals surface area contributed by atoms with E-state index in [-0.39, 0.29) is 19.6 Å². The molecule has 0 aromatic heterocycles. The summed E-state index contributed by atoms with van der Waals surface area (Å²) in [5, 5.41) is 11.3. The van der Waals surface area contributed by atoms with Crippen molar-refractivity contribution in [2.75, 3.05) is 13.2 Å². The molecule has 0 saturated carbocycles. The molecule has 5 atom stereocenters. The molecule has 1 rings (SSSR count). The largest absolute Gasteiger partial charge is 0.481 e. The van der Waals surface area contributed by atoms with Crippen molar-refractivity contribution in [3.8, 4) is 0 Å². The Kier molecular flexibility index (Phi) is 14.7. The minimum atomic E-state index is -1.15. The summed E-state index contributed by atoms with van der Waals surface area (Å²) < 4.78 is 27.7. The van der Waals surface area contributed by atoms with Gasteiger partial charge in [0.15, 0.2) is 18.5 Å². The van der Waals surface area contributed by atoms with E-state index >= 15 is 0 Å². The van der Waals surface area contributed by atoms with Gasteiger partial charge in [-0.15, -0.1) is 0 Å². The highest BCUT2D eigenvalue weighted by Gasteiger charge is 2.51. The lowest BCUT2D eigenvalue weighted by atomic mass is 9.96. The van der Waals surface area contributed by atoms with Crippen molar-refractivity contribution in [3.05, 3.63) is 0 Å². The monoisotopic (exact) mass is 517 g/mol. The third kappa shape index (κ3) is 12.8. The molecule has 206 valence electrons. The van der Waals surface area contributed by atoms with Gasteiger partial charge in [-0.3, -0.25) is 24.0 Å². The third-order valence-corrected chi connectivity index (χ3v) is 5.39. The zero-order valence-corrected chi connectivity index (χ0v) is 21.5. The van der Waals surface area contributed by atoms with Crippen LogP contribution in [0.2, 0.25) is 0 Å². The maximum atomic E-state index is 11.9. The van der Waals surface area contributed by atoms with Gasteiger partial charge in [-0.2, -0.15) is 0 Å². The topological polar surface area (TPSA) is 164 Å². The fourth-order valence-electron chi connectivity index (χ4n) is 3.89. The molecule has 1 heterocycles. The Morgan fingerprint density at radius 1 is 0.778 bits per heavy atom. The van der Waals surface area contributed by atoms with E-state index < -0.39 is 60.4 Å². The second kappa shape index (κ2) is 16.9. The van der Waals surface area contributed by atoms with Crippen molar-refractivity contribution < 1.29 is 52.8 Å². The van der Waals surface area contributed by atoms with Gasteiger partial charge in [0, 0.05) is 40.7 Å². The molecule has 0 aromatic carbocycles. The summed E-state index contributed by atoms with van der Waals surface area (Å²) in [5.74, 6) is -3.12. The quantitative estimate of drug-likeness (QED) is 0.174. The molecule has 0 aliphatic carbocycles. The Bertz CT molecular complexity index is 742. The lowest BCUT2D eigenvalue weighted by Crippen LogP contribution is -2.66. The highest BCUT2D eigenvalue weighted by atomic mass is 16.7. The fourth-order valence-corrected chi connectivity index (χ4v) is 3.89. The molecule has 0 aromatic rings. The van der Waals surface area contributed by atoms with Gasteiger partial charge in [-0.25, -0.2) is 0 Å². The van der Waals surface area contributed by atoms with Crippen molar-refractivity contribution in [2.24, 2.45) is 0 Å². The van der Waals surface area contributed by atoms with Gasteiger partial charge in [0.05, 0.1) is 0 Å². The molecule has 0 bridgehead atoms. The Morgan fingerprint density at radius 2 is 1.33 bits per heavy atom. The number of ether oxygens (including phenoxy) is 5. The van der Waals surface area contributed by atoms with Gasteiger partial charge in [0.1, 0.15) is 18.8 Å². The molecule has 1 saturated heterocycles. The normalized spacial score (nSPS) is 23.4. The SMILES string of the molecule is CC(=O)NC1C(OCCCCCCCCCC(=O)O)O[C@H](COC(C)=O)C(OC(C)=O)C1OC(C)=O. The molecular weight excluding hydrogens is 478 g/mol. The van der Waals surface area contributed by atoms with Crippen molar-refractivity contribution in [2.45, 2.75) is 110 Å². The van der Waals surface area contributed by atoms with Crippen LogP contribution >= 0.6 is 0 Å².